The van der Waals surface area contributed by atoms with Crippen molar-refractivity contribution in [2.75, 3.05) is 14.2 Å². The lowest BCUT2D eigenvalue weighted by Crippen LogP contribution is -2.43. The number of hydrogen-bond donors (Lipinski definition) is 1. The van der Waals surface area contributed by atoms with Crippen LogP contribution >= 0.6 is 11.6 Å². The molecule has 126 valence electrons. The van der Waals surface area contributed by atoms with Crippen molar-refractivity contribution >= 4 is 23.5 Å². The summed E-state index contributed by atoms with van der Waals surface area (Å²) in [5.41, 5.74) is 1.09. The molecule has 1 atom stereocenters. The number of halogens is 1. The van der Waals surface area contributed by atoms with E-state index in [4.69, 9.17) is 21.1 Å². The van der Waals surface area contributed by atoms with Crippen LogP contribution in [0.4, 0.5) is 0 Å². The molecule has 0 radical (unpaired) electrons. The normalized spacial score (nSPS) is 11.5. The van der Waals surface area contributed by atoms with Gasteiger partial charge in [0.25, 0.3) is 5.91 Å². The smallest absolute Gasteiger partial charge is 0.328 e. The van der Waals surface area contributed by atoms with Gasteiger partial charge in [0, 0.05) is 6.42 Å². The third-order valence-corrected chi connectivity index (χ3v) is 3.86. The van der Waals surface area contributed by atoms with E-state index in [2.05, 4.69) is 5.32 Å². The molecule has 6 heteroatoms. The average Bonchev–Trinajstić information content (AvgIpc) is 2.61. The first-order chi connectivity index (χ1) is 11.6. The lowest BCUT2D eigenvalue weighted by molar-refractivity contribution is -0.142. The predicted octanol–water partition coefficient (Wildman–Crippen LogP) is 2.86. The first-order valence-electron chi connectivity index (χ1n) is 7.32. The SMILES string of the molecule is COC(=O)[C@@H](Cc1ccccc1OC)NC(=O)c1ccccc1Cl. The van der Waals surface area contributed by atoms with Crippen LogP contribution in [0.3, 0.4) is 0 Å². The molecule has 2 rings (SSSR count). The first-order valence-corrected chi connectivity index (χ1v) is 7.69. The van der Waals surface area contributed by atoms with Gasteiger partial charge in [-0.3, -0.25) is 4.79 Å². The highest BCUT2D eigenvalue weighted by atomic mass is 35.5. The van der Waals surface area contributed by atoms with E-state index in [1.807, 2.05) is 18.2 Å². The summed E-state index contributed by atoms with van der Waals surface area (Å²) in [4.78, 5) is 24.5. The summed E-state index contributed by atoms with van der Waals surface area (Å²) in [6, 6.07) is 13.1. The maximum Gasteiger partial charge on any atom is 0.328 e. The number of rotatable bonds is 6. The maximum atomic E-state index is 12.4. The molecule has 0 heterocycles. The van der Waals surface area contributed by atoms with E-state index in [9.17, 15) is 9.59 Å². The summed E-state index contributed by atoms with van der Waals surface area (Å²) >= 11 is 6.03. The van der Waals surface area contributed by atoms with Crippen molar-refractivity contribution in [2.45, 2.75) is 12.5 Å². The Kier molecular flexibility index (Phi) is 6.21. The van der Waals surface area contributed by atoms with Gasteiger partial charge in [-0.05, 0) is 23.8 Å². The molecule has 5 nitrogen and oxygen atoms in total. The Hall–Kier alpha value is -2.53. The fraction of sp³-hybridized carbons (Fsp3) is 0.222. The van der Waals surface area contributed by atoms with Gasteiger partial charge < -0.3 is 14.8 Å². The van der Waals surface area contributed by atoms with E-state index < -0.39 is 17.9 Å². The fourth-order valence-electron chi connectivity index (χ4n) is 2.31. The largest absolute Gasteiger partial charge is 0.496 e. The Morgan fingerprint density at radius 1 is 1.08 bits per heavy atom. The molecule has 0 spiro atoms. The van der Waals surface area contributed by atoms with Crippen molar-refractivity contribution in [1.29, 1.82) is 0 Å². The standard InChI is InChI=1S/C18H18ClNO4/c1-23-16-10-6-3-7-12(16)11-15(18(22)24-2)20-17(21)13-8-4-5-9-14(13)19/h3-10,15H,11H2,1-2H3,(H,20,21)/t15-/m1/s1. The molecule has 0 saturated heterocycles. The van der Waals surface area contributed by atoms with Gasteiger partial charge in [0.1, 0.15) is 11.8 Å². The monoisotopic (exact) mass is 347 g/mol. The summed E-state index contributed by atoms with van der Waals surface area (Å²) in [7, 11) is 2.83. The molecule has 0 aliphatic carbocycles. The number of carbonyl (C=O) groups is 2. The summed E-state index contributed by atoms with van der Waals surface area (Å²) in [6.07, 6.45) is 0.243. The highest BCUT2D eigenvalue weighted by molar-refractivity contribution is 6.33. The number of esters is 1. The average molecular weight is 348 g/mol. The third kappa shape index (κ3) is 4.26. The summed E-state index contributed by atoms with van der Waals surface area (Å²) in [5, 5.41) is 2.99. The van der Waals surface area contributed by atoms with Crippen LogP contribution in [0.15, 0.2) is 48.5 Å². The van der Waals surface area contributed by atoms with E-state index in [0.29, 0.717) is 16.3 Å². The number of amides is 1. The van der Waals surface area contributed by atoms with Crippen molar-refractivity contribution in [3.8, 4) is 5.75 Å². The van der Waals surface area contributed by atoms with E-state index in [0.717, 1.165) is 5.56 Å². The number of carbonyl (C=O) groups excluding carboxylic acids is 2. The molecule has 0 saturated carbocycles. The molecule has 0 aliphatic rings. The maximum absolute atomic E-state index is 12.4. The summed E-state index contributed by atoms with van der Waals surface area (Å²) < 4.78 is 10.1. The zero-order chi connectivity index (χ0) is 17.5. The molecule has 1 N–H and O–H groups in total. The quantitative estimate of drug-likeness (QED) is 0.816. The zero-order valence-corrected chi connectivity index (χ0v) is 14.2. The van der Waals surface area contributed by atoms with Crippen LogP contribution < -0.4 is 10.1 Å². The lowest BCUT2D eigenvalue weighted by atomic mass is 10.0. The Morgan fingerprint density at radius 2 is 1.75 bits per heavy atom. The zero-order valence-electron chi connectivity index (χ0n) is 13.4. The molecule has 0 aromatic heterocycles. The van der Waals surface area contributed by atoms with Crippen molar-refractivity contribution in [2.24, 2.45) is 0 Å². The predicted molar refractivity (Wildman–Crippen MR) is 91.4 cm³/mol. The second-order valence-electron chi connectivity index (χ2n) is 5.05. The van der Waals surface area contributed by atoms with Gasteiger partial charge in [-0.25, -0.2) is 4.79 Å². The molecule has 0 aliphatic heterocycles. The van der Waals surface area contributed by atoms with Crippen molar-refractivity contribution in [1.82, 2.24) is 5.32 Å². The minimum atomic E-state index is -0.852. The summed E-state index contributed by atoms with van der Waals surface area (Å²) in [5.74, 6) is -0.342. The minimum absolute atomic E-state index is 0.243. The number of nitrogens with one attached hydrogen (secondary N) is 1. The van der Waals surface area contributed by atoms with E-state index in [1.165, 1.54) is 7.11 Å². The van der Waals surface area contributed by atoms with E-state index in [1.54, 1.807) is 37.4 Å². The van der Waals surface area contributed by atoms with Gasteiger partial charge >= 0.3 is 5.97 Å². The minimum Gasteiger partial charge on any atom is -0.496 e. The van der Waals surface area contributed by atoms with Crippen molar-refractivity contribution in [3.63, 3.8) is 0 Å². The molecule has 2 aromatic carbocycles. The lowest BCUT2D eigenvalue weighted by Gasteiger charge is -2.18. The topological polar surface area (TPSA) is 64.6 Å². The van der Waals surface area contributed by atoms with Crippen LogP contribution in [0.25, 0.3) is 0 Å². The first kappa shape index (κ1) is 17.8. The highest BCUT2D eigenvalue weighted by Crippen LogP contribution is 2.20. The van der Waals surface area contributed by atoms with Gasteiger partial charge in [0.15, 0.2) is 0 Å². The van der Waals surface area contributed by atoms with Crippen LogP contribution in [0.2, 0.25) is 5.02 Å². The molecule has 24 heavy (non-hydrogen) atoms. The highest BCUT2D eigenvalue weighted by Gasteiger charge is 2.24. The van der Waals surface area contributed by atoms with Crippen LogP contribution in [0, 0.1) is 0 Å². The molecule has 0 bridgehead atoms. The molecular formula is C18H18ClNO4. The second-order valence-corrected chi connectivity index (χ2v) is 5.45. The summed E-state index contributed by atoms with van der Waals surface area (Å²) in [6.45, 7) is 0. The van der Waals surface area contributed by atoms with Crippen LogP contribution in [-0.2, 0) is 16.0 Å². The molecular weight excluding hydrogens is 330 g/mol. The number of methoxy groups -OCH3 is 2. The Bertz CT molecular complexity index is 732. The Morgan fingerprint density at radius 3 is 2.42 bits per heavy atom. The van der Waals surface area contributed by atoms with Crippen molar-refractivity contribution in [3.05, 3.63) is 64.7 Å². The Balaban J connectivity index is 2.22. The molecule has 0 unspecified atom stereocenters. The Labute approximate surface area is 145 Å². The van der Waals surface area contributed by atoms with Gasteiger partial charge in [-0.15, -0.1) is 0 Å². The van der Waals surface area contributed by atoms with Gasteiger partial charge in [-0.2, -0.15) is 0 Å². The van der Waals surface area contributed by atoms with Gasteiger partial charge in [0.05, 0.1) is 24.8 Å². The second kappa shape index (κ2) is 8.36. The fourth-order valence-corrected chi connectivity index (χ4v) is 2.53. The van der Waals surface area contributed by atoms with E-state index in [-0.39, 0.29) is 6.42 Å². The van der Waals surface area contributed by atoms with E-state index >= 15 is 0 Å². The van der Waals surface area contributed by atoms with Crippen LogP contribution in [-0.4, -0.2) is 32.1 Å². The third-order valence-electron chi connectivity index (χ3n) is 3.53. The van der Waals surface area contributed by atoms with Crippen LogP contribution in [0.5, 0.6) is 5.75 Å². The number of ether oxygens (including phenoxy) is 2. The number of hydrogen-bond acceptors (Lipinski definition) is 4. The van der Waals surface area contributed by atoms with Gasteiger partial charge in [-0.1, -0.05) is 41.9 Å². The molecule has 2 aromatic rings. The number of benzene rings is 2. The molecule has 0 fully saturated rings. The van der Waals surface area contributed by atoms with Crippen LogP contribution in [0.1, 0.15) is 15.9 Å². The van der Waals surface area contributed by atoms with Gasteiger partial charge in [0.2, 0.25) is 0 Å². The number of para-hydroxylation sites is 1. The molecule has 1 amide bonds. The van der Waals surface area contributed by atoms with Crippen molar-refractivity contribution < 1.29 is 19.1 Å².